The van der Waals surface area contributed by atoms with Crippen LogP contribution in [-0.4, -0.2) is 38.1 Å². The summed E-state index contributed by atoms with van der Waals surface area (Å²) in [6, 6.07) is 7.87. The summed E-state index contributed by atoms with van der Waals surface area (Å²) in [6.07, 6.45) is 2.07. The van der Waals surface area contributed by atoms with Crippen molar-refractivity contribution in [1.82, 2.24) is 0 Å². The van der Waals surface area contributed by atoms with Crippen LogP contribution in [-0.2, 0) is 0 Å². The minimum atomic E-state index is -0.494. The maximum atomic E-state index is 13.0. The Bertz CT molecular complexity index is 907. The van der Waals surface area contributed by atoms with Crippen LogP contribution < -0.4 is 19.7 Å². The number of aryl methyl sites for hydroxylation is 1. The number of rotatable bonds is 6. The van der Waals surface area contributed by atoms with Gasteiger partial charge in [-0.15, -0.1) is 0 Å². The normalized spacial score (nSPS) is 13.3. The predicted molar refractivity (Wildman–Crippen MR) is 107 cm³/mol. The third-order valence-corrected chi connectivity index (χ3v) is 4.86. The fourth-order valence-corrected chi connectivity index (χ4v) is 3.36. The quantitative estimate of drug-likeness (QED) is 0.601. The molecule has 0 spiro atoms. The highest BCUT2D eigenvalue weighted by Crippen LogP contribution is 2.34. The van der Waals surface area contributed by atoms with E-state index < -0.39 is 10.8 Å². The minimum absolute atomic E-state index is 0.114. The molecule has 2 aromatic carbocycles. The van der Waals surface area contributed by atoms with Gasteiger partial charge in [-0.05, 0) is 37.5 Å². The van der Waals surface area contributed by atoms with Crippen molar-refractivity contribution >= 4 is 23.0 Å². The lowest BCUT2D eigenvalue weighted by molar-refractivity contribution is -0.384. The SMILES string of the molecule is COc1cc(C)c(NC(=O)c2cc([N+](=O)[O-])ccc2N2CCCC2)cc1OC. The Morgan fingerprint density at radius 1 is 1.11 bits per heavy atom. The molecule has 2 aromatic rings. The van der Waals surface area contributed by atoms with Gasteiger partial charge in [0.2, 0.25) is 0 Å². The number of nitro groups is 1. The molecule has 3 rings (SSSR count). The lowest BCUT2D eigenvalue weighted by Gasteiger charge is -2.21. The van der Waals surface area contributed by atoms with E-state index in [1.165, 1.54) is 19.2 Å². The Kier molecular flexibility index (Phi) is 5.67. The van der Waals surface area contributed by atoms with Crippen LogP contribution in [0.2, 0.25) is 0 Å². The second kappa shape index (κ2) is 8.16. The Balaban J connectivity index is 1.97. The van der Waals surface area contributed by atoms with Crippen LogP contribution in [0.5, 0.6) is 11.5 Å². The van der Waals surface area contributed by atoms with Gasteiger partial charge >= 0.3 is 0 Å². The van der Waals surface area contributed by atoms with Gasteiger partial charge in [-0.25, -0.2) is 0 Å². The number of amides is 1. The van der Waals surface area contributed by atoms with E-state index in [4.69, 9.17) is 9.47 Å². The van der Waals surface area contributed by atoms with Crippen LogP contribution in [0.25, 0.3) is 0 Å². The summed E-state index contributed by atoms with van der Waals surface area (Å²) in [4.78, 5) is 25.8. The molecular weight excluding hydrogens is 362 g/mol. The molecule has 1 fully saturated rings. The van der Waals surface area contributed by atoms with Crippen molar-refractivity contribution in [2.75, 3.05) is 37.5 Å². The van der Waals surface area contributed by atoms with E-state index in [1.54, 1.807) is 25.3 Å². The first-order chi connectivity index (χ1) is 13.4. The molecule has 0 aromatic heterocycles. The molecule has 0 atom stereocenters. The van der Waals surface area contributed by atoms with E-state index >= 15 is 0 Å². The number of methoxy groups -OCH3 is 2. The van der Waals surface area contributed by atoms with Gasteiger partial charge in [0.15, 0.2) is 11.5 Å². The van der Waals surface area contributed by atoms with Gasteiger partial charge in [0.1, 0.15) is 0 Å². The van der Waals surface area contributed by atoms with Crippen molar-refractivity contribution in [3.8, 4) is 11.5 Å². The molecule has 1 N–H and O–H groups in total. The van der Waals surface area contributed by atoms with Crippen LogP contribution in [0.1, 0.15) is 28.8 Å². The van der Waals surface area contributed by atoms with Gasteiger partial charge in [-0.1, -0.05) is 0 Å². The zero-order valence-corrected chi connectivity index (χ0v) is 16.2. The van der Waals surface area contributed by atoms with Crippen molar-refractivity contribution in [2.24, 2.45) is 0 Å². The largest absolute Gasteiger partial charge is 0.493 e. The van der Waals surface area contributed by atoms with Crippen LogP contribution in [0.3, 0.4) is 0 Å². The number of benzene rings is 2. The number of carbonyl (C=O) groups is 1. The first-order valence-corrected chi connectivity index (χ1v) is 9.02. The fraction of sp³-hybridized carbons (Fsp3) is 0.350. The smallest absolute Gasteiger partial charge is 0.270 e. The highest BCUT2D eigenvalue weighted by atomic mass is 16.6. The van der Waals surface area contributed by atoms with Crippen molar-refractivity contribution < 1.29 is 19.2 Å². The minimum Gasteiger partial charge on any atom is -0.493 e. The number of non-ortho nitro benzene ring substituents is 1. The van der Waals surface area contributed by atoms with E-state index in [0.29, 0.717) is 22.9 Å². The highest BCUT2D eigenvalue weighted by Gasteiger charge is 2.23. The molecule has 0 bridgehead atoms. The van der Waals surface area contributed by atoms with E-state index in [1.807, 2.05) is 6.92 Å². The Morgan fingerprint density at radius 3 is 2.36 bits per heavy atom. The van der Waals surface area contributed by atoms with Gasteiger partial charge < -0.3 is 19.7 Å². The number of ether oxygens (including phenoxy) is 2. The third-order valence-electron chi connectivity index (χ3n) is 4.86. The average molecular weight is 385 g/mol. The van der Waals surface area contributed by atoms with Gasteiger partial charge in [0.05, 0.1) is 30.4 Å². The second-order valence-corrected chi connectivity index (χ2v) is 6.63. The molecule has 148 valence electrons. The number of carbonyl (C=O) groups excluding carboxylic acids is 1. The lowest BCUT2D eigenvalue weighted by atomic mass is 10.1. The van der Waals surface area contributed by atoms with Crippen molar-refractivity contribution in [3.63, 3.8) is 0 Å². The molecule has 1 amide bonds. The molecule has 0 aliphatic carbocycles. The summed E-state index contributed by atoms with van der Waals surface area (Å²) in [6.45, 7) is 3.49. The van der Waals surface area contributed by atoms with Gasteiger partial charge in [0.25, 0.3) is 11.6 Å². The molecule has 1 heterocycles. The van der Waals surface area contributed by atoms with Crippen LogP contribution in [0.4, 0.5) is 17.1 Å². The summed E-state index contributed by atoms with van der Waals surface area (Å²) in [5.74, 6) is 0.647. The van der Waals surface area contributed by atoms with E-state index in [-0.39, 0.29) is 11.3 Å². The van der Waals surface area contributed by atoms with Gasteiger partial charge in [0, 0.05) is 37.0 Å². The number of nitro benzene ring substituents is 1. The number of nitrogens with zero attached hydrogens (tertiary/aromatic N) is 2. The summed E-state index contributed by atoms with van der Waals surface area (Å²) in [5, 5.41) is 14.1. The number of nitrogens with one attached hydrogen (secondary N) is 1. The van der Waals surface area contributed by atoms with E-state index in [9.17, 15) is 14.9 Å². The number of hydrogen-bond donors (Lipinski definition) is 1. The Morgan fingerprint density at radius 2 is 1.75 bits per heavy atom. The molecule has 0 saturated carbocycles. The van der Waals surface area contributed by atoms with Gasteiger partial charge in [-0.2, -0.15) is 0 Å². The lowest BCUT2D eigenvalue weighted by Crippen LogP contribution is -2.23. The van der Waals surface area contributed by atoms with E-state index in [0.717, 1.165) is 31.5 Å². The number of anilines is 2. The maximum Gasteiger partial charge on any atom is 0.270 e. The van der Waals surface area contributed by atoms with Gasteiger partial charge in [-0.3, -0.25) is 14.9 Å². The zero-order valence-electron chi connectivity index (χ0n) is 16.2. The monoisotopic (exact) mass is 385 g/mol. The van der Waals surface area contributed by atoms with Crippen molar-refractivity contribution in [1.29, 1.82) is 0 Å². The van der Waals surface area contributed by atoms with Crippen LogP contribution in [0, 0.1) is 17.0 Å². The average Bonchev–Trinajstić information content (AvgIpc) is 3.23. The van der Waals surface area contributed by atoms with Crippen molar-refractivity contribution in [3.05, 3.63) is 51.6 Å². The standard InChI is InChI=1S/C20H23N3O5/c1-13-10-18(27-2)19(28-3)12-16(13)21-20(24)15-11-14(23(25)26)6-7-17(15)22-8-4-5-9-22/h6-7,10-12H,4-5,8-9H2,1-3H3,(H,21,24). The molecule has 0 radical (unpaired) electrons. The zero-order chi connectivity index (χ0) is 20.3. The summed E-state index contributed by atoms with van der Waals surface area (Å²) >= 11 is 0. The first kappa shape index (κ1) is 19.5. The Labute approximate surface area is 163 Å². The molecule has 0 unspecified atom stereocenters. The highest BCUT2D eigenvalue weighted by molar-refractivity contribution is 6.09. The molecule has 8 heteroatoms. The third kappa shape index (κ3) is 3.85. The number of hydrogen-bond acceptors (Lipinski definition) is 6. The summed E-state index contributed by atoms with van der Waals surface area (Å²) in [7, 11) is 3.06. The topological polar surface area (TPSA) is 93.9 Å². The summed E-state index contributed by atoms with van der Waals surface area (Å²) in [5.41, 5.74) is 2.22. The molecule has 28 heavy (non-hydrogen) atoms. The van der Waals surface area contributed by atoms with Crippen LogP contribution in [0.15, 0.2) is 30.3 Å². The molecule has 1 aliphatic rings. The predicted octanol–water partition coefficient (Wildman–Crippen LogP) is 3.77. The van der Waals surface area contributed by atoms with Crippen LogP contribution >= 0.6 is 0 Å². The summed E-state index contributed by atoms with van der Waals surface area (Å²) < 4.78 is 10.6. The Hall–Kier alpha value is -3.29. The van der Waals surface area contributed by atoms with E-state index in [2.05, 4.69) is 10.2 Å². The fourth-order valence-electron chi connectivity index (χ4n) is 3.36. The second-order valence-electron chi connectivity index (χ2n) is 6.63. The molecule has 1 saturated heterocycles. The molecular formula is C20H23N3O5. The first-order valence-electron chi connectivity index (χ1n) is 9.02. The van der Waals surface area contributed by atoms with Crippen molar-refractivity contribution in [2.45, 2.75) is 19.8 Å². The molecule has 1 aliphatic heterocycles. The maximum absolute atomic E-state index is 13.0. The molecule has 8 nitrogen and oxygen atoms in total.